The van der Waals surface area contributed by atoms with E-state index < -0.39 is 0 Å². The van der Waals surface area contributed by atoms with E-state index in [-0.39, 0.29) is 11.9 Å². The minimum Gasteiger partial charge on any atom is -0.351 e. The van der Waals surface area contributed by atoms with E-state index in [0.717, 1.165) is 32.5 Å². The van der Waals surface area contributed by atoms with Crippen molar-refractivity contribution in [2.45, 2.75) is 37.8 Å². The average molecular weight is 237 g/mol. The molecule has 0 spiro atoms. The third kappa shape index (κ3) is 3.07. The van der Waals surface area contributed by atoms with E-state index in [1.165, 1.54) is 12.8 Å². The second-order valence-corrected chi connectivity index (χ2v) is 4.91. The lowest BCUT2D eigenvalue weighted by molar-refractivity contribution is -0.126. The van der Waals surface area contributed by atoms with Crippen molar-refractivity contribution < 1.29 is 4.79 Å². The molecule has 2 fully saturated rings. The molecule has 96 valence electrons. The lowest BCUT2D eigenvalue weighted by Crippen LogP contribution is -2.50. The number of rotatable bonds is 4. The van der Waals surface area contributed by atoms with Crippen LogP contribution in [-0.2, 0) is 4.79 Å². The van der Waals surface area contributed by atoms with E-state index in [2.05, 4.69) is 22.1 Å². The molecule has 2 aliphatic heterocycles. The van der Waals surface area contributed by atoms with Crippen molar-refractivity contribution in [3.63, 3.8) is 0 Å². The van der Waals surface area contributed by atoms with Gasteiger partial charge in [-0.25, -0.2) is 0 Å². The molecule has 0 radical (unpaired) electrons. The lowest BCUT2D eigenvalue weighted by atomic mass is 10.0. The van der Waals surface area contributed by atoms with E-state index in [1.54, 1.807) is 6.08 Å². The van der Waals surface area contributed by atoms with E-state index in [4.69, 9.17) is 0 Å². The van der Waals surface area contributed by atoms with Crippen LogP contribution in [0.5, 0.6) is 0 Å². The van der Waals surface area contributed by atoms with Gasteiger partial charge in [0.1, 0.15) is 0 Å². The van der Waals surface area contributed by atoms with Crippen LogP contribution in [0.25, 0.3) is 0 Å². The van der Waals surface area contributed by atoms with Gasteiger partial charge in [-0.1, -0.05) is 6.08 Å². The van der Waals surface area contributed by atoms with Crippen LogP contribution in [0.3, 0.4) is 0 Å². The van der Waals surface area contributed by atoms with Gasteiger partial charge in [0, 0.05) is 12.6 Å². The molecule has 0 aliphatic carbocycles. The normalized spacial score (nSPS) is 26.9. The molecule has 4 heteroatoms. The molecular formula is C13H23N3O. The number of piperidine rings is 1. The van der Waals surface area contributed by atoms with Crippen molar-refractivity contribution >= 4 is 5.91 Å². The summed E-state index contributed by atoms with van der Waals surface area (Å²) in [6.45, 7) is 7.46. The molecule has 0 aromatic carbocycles. The van der Waals surface area contributed by atoms with Crippen LogP contribution in [0, 0.1) is 0 Å². The highest BCUT2D eigenvalue weighted by Crippen LogP contribution is 2.24. The smallest absolute Gasteiger partial charge is 0.237 e. The molecule has 2 rings (SSSR count). The summed E-state index contributed by atoms with van der Waals surface area (Å²) in [7, 11) is 0. The van der Waals surface area contributed by atoms with Crippen LogP contribution in [0.2, 0.25) is 0 Å². The van der Waals surface area contributed by atoms with Crippen LogP contribution in [0.4, 0.5) is 0 Å². The van der Waals surface area contributed by atoms with Crippen LogP contribution in [-0.4, -0.2) is 49.1 Å². The maximum Gasteiger partial charge on any atom is 0.237 e. The Hall–Kier alpha value is -0.870. The molecule has 2 N–H and O–H groups in total. The first-order chi connectivity index (χ1) is 8.33. The fraction of sp³-hybridized carbons (Fsp3) is 0.769. The zero-order chi connectivity index (χ0) is 12.1. The number of nitrogens with zero attached hydrogens (tertiary/aromatic N) is 1. The van der Waals surface area contributed by atoms with Gasteiger partial charge >= 0.3 is 0 Å². The molecule has 2 heterocycles. The van der Waals surface area contributed by atoms with Gasteiger partial charge in [0.15, 0.2) is 0 Å². The van der Waals surface area contributed by atoms with Crippen molar-refractivity contribution in [2.24, 2.45) is 0 Å². The summed E-state index contributed by atoms with van der Waals surface area (Å²) in [5, 5.41) is 6.31. The SMILES string of the molecule is C=CCNC(=O)C1CCCN1C1CCNCC1. The highest BCUT2D eigenvalue weighted by atomic mass is 16.2. The first-order valence-corrected chi connectivity index (χ1v) is 6.68. The zero-order valence-electron chi connectivity index (χ0n) is 10.5. The van der Waals surface area contributed by atoms with Crippen LogP contribution in [0.1, 0.15) is 25.7 Å². The molecule has 2 saturated heterocycles. The van der Waals surface area contributed by atoms with Gasteiger partial charge in [0.25, 0.3) is 0 Å². The first kappa shape index (κ1) is 12.6. The standard InChI is InChI=1S/C13H23N3O/c1-2-7-15-13(17)12-4-3-10-16(12)11-5-8-14-9-6-11/h2,11-12,14H,1,3-10H2,(H,15,17). The minimum atomic E-state index is 0.0954. The van der Waals surface area contributed by atoms with Crippen molar-refractivity contribution in [3.8, 4) is 0 Å². The summed E-state index contributed by atoms with van der Waals surface area (Å²) in [4.78, 5) is 14.5. The largest absolute Gasteiger partial charge is 0.351 e. The Morgan fingerprint density at radius 3 is 2.88 bits per heavy atom. The Labute approximate surface area is 103 Å². The number of carbonyl (C=O) groups is 1. The van der Waals surface area contributed by atoms with Crippen molar-refractivity contribution in [1.82, 2.24) is 15.5 Å². The number of likely N-dealkylation sites (tertiary alicyclic amines) is 1. The molecule has 0 aromatic heterocycles. The Morgan fingerprint density at radius 2 is 2.18 bits per heavy atom. The molecule has 17 heavy (non-hydrogen) atoms. The number of hydrogen-bond donors (Lipinski definition) is 2. The highest BCUT2D eigenvalue weighted by molar-refractivity contribution is 5.82. The molecule has 2 aliphatic rings. The summed E-state index contributed by atoms with van der Waals surface area (Å²) in [6, 6.07) is 0.691. The number of amides is 1. The third-order valence-electron chi connectivity index (χ3n) is 3.80. The summed E-state index contributed by atoms with van der Waals surface area (Å²) in [5.74, 6) is 0.181. The highest BCUT2D eigenvalue weighted by Gasteiger charge is 2.35. The van der Waals surface area contributed by atoms with Crippen molar-refractivity contribution in [1.29, 1.82) is 0 Å². The maximum atomic E-state index is 12.0. The number of carbonyl (C=O) groups excluding carboxylic acids is 1. The Kier molecular flexibility index (Phi) is 4.57. The summed E-state index contributed by atoms with van der Waals surface area (Å²) in [5.41, 5.74) is 0. The Bertz CT molecular complexity index is 274. The monoisotopic (exact) mass is 237 g/mol. The topological polar surface area (TPSA) is 44.4 Å². The van der Waals surface area contributed by atoms with Gasteiger partial charge in [-0.2, -0.15) is 0 Å². The van der Waals surface area contributed by atoms with Gasteiger partial charge in [-0.15, -0.1) is 6.58 Å². The molecule has 1 atom stereocenters. The molecule has 1 amide bonds. The Balaban J connectivity index is 1.91. The van der Waals surface area contributed by atoms with E-state index in [1.807, 2.05) is 0 Å². The molecular weight excluding hydrogens is 214 g/mol. The molecule has 0 saturated carbocycles. The Morgan fingerprint density at radius 1 is 1.41 bits per heavy atom. The maximum absolute atomic E-state index is 12.0. The lowest BCUT2D eigenvalue weighted by Gasteiger charge is -2.35. The molecule has 4 nitrogen and oxygen atoms in total. The van der Waals surface area contributed by atoms with Gasteiger partial charge < -0.3 is 10.6 Å². The average Bonchev–Trinajstić information content (AvgIpc) is 2.86. The van der Waals surface area contributed by atoms with Crippen molar-refractivity contribution in [3.05, 3.63) is 12.7 Å². The van der Waals surface area contributed by atoms with Crippen molar-refractivity contribution in [2.75, 3.05) is 26.2 Å². The number of hydrogen-bond acceptors (Lipinski definition) is 3. The van der Waals surface area contributed by atoms with Gasteiger partial charge in [-0.3, -0.25) is 9.69 Å². The van der Waals surface area contributed by atoms with E-state index in [0.29, 0.717) is 12.6 Å². The number of nitrogens with one attached hydrogen (secondary N) is 2. The van der Waals surface area contributed by atoms with Crippen LogP contribution >= 0.6 is 0 Å². The predicted octanol–water partition coefficient (Wildman–Crippen LogP) is 0.505. The fourth-order valence-corrected chi connectivity index (χ4v) is 2.94. The fourth-order valence-electron chi connectivity index (χ4n) is 2.94. The van der Waals surface area contributed by atoms with Gasteiger partial charge in [0.2, 0.25) is 5.91 Å². The second-order valence-electron chi connectivity index (χ2n) is 4.91. The zero-order valence-corrected chi connectivity index (χ0v) is 10.5. The summed E-state index contributed by atoms with van der Waals surface area (Å²) in [6.07, 6.45) is 6.24. The molecule has 0 bridgehead atoms. The van der Waals surface area contributed by atoms with Crippen LogP contribution < -0.4 is 10.6 Å². The molecule has 0 aromatic rings. The van der Waals surface area contributed by atoms with Crippen LogP contribution in [0.15, 0.2) is 12.7 Å². The van der Waals surface area contributed by atoms with E-state index >= 15 is 0 Å². The minimum absolute atomic E-state index is 0.0954. The quantitative estimate of drug-likeness (QED) is 0.700. The summed E-state index contributed by atoms with van der Waals surface area (Å²) >= 11 is 0. The third-order valence-corrected chi connectivity index (χ3v) is 3.80. The van der Waals surface area contributed by atoms with Gasteiger partial charge in [0.05, 0.1) is 6.04 Å². The summed E-state index contributed by atoms with van der Waals surface area (Å²) < 4.78 is 0. The first-order valence-electron chi connectivity index (χ1n) is 6.68. The van der Waals surface area contributed by atoms with Gasteiger partial charge in [-0.05, 0) is 45.3 Å². The predicted molar refractivity (Wildman–Crippen MR) is 68.8 cm³/mol. The van der Waals surface area contributed by atoms with E-state index in [9.17, 15) is 4.79 Å². The second kappa shape index (κ2) is 6.17. The molecule has 1 unspecified atom stereocenters.